The average Bonchev–Trinajstić information content (AvgIpc) is 3.81. The highest BCUT2D eigenvalue weighted by molar-refractivity contribution is 7.92. The highest BCUT2D eigenvalue weighted by Gasteiger charge is 2.61. The summed E-state index contributed by atoms with van der Waals surface area (Å²) in [5.74, 6) is -9.63. The van der Waals surface area contributed by atoms with Crippen LogP contribution in [0.3, 0.4) is 0 Å². The van der Waals surface area contributed by atoms with Crippen LogP contribution in [0, 0.1) is 17.6 Å². The number of nitrogens with zero attached hydrogens (tertiary/aromatic N) is 7. The second kappa shape index (κ2) is 13.7. The van der Waals surface area contributed by atoms with Crippen molar-refractivity contribution in [1.29, 1.82) is 0 Å². The van der Waals surface area contributed by atoms with Crippen LogP contribution in [0.15, 0.2) is 67.0 Å². The highest BCUT2D eigenvalue weighted by atomic mass is 35.5. The summed E-state index contributed by atoms with van der Waals surface area (Å²) in [5, 5.41) is 15.0. The van der Waals surface area contributed by atoms with Crippen molar-refractivity contribution in [3.63, 3.8) is 0 Å². The number of amides is 1. The van der Waals surface area contributed by atoms with Crippen molar-refractivity contribution >= 4 is 44.3 Å². The van der Waals surface area contributed by atoms with Gasteiger partial charge < -0.3 is 5.32 Å². The van der Waals surface area contributed by atoms with E-state index >= 15 is 8.78 Å². The van der Waals surface area contributed by atoms with Crippen LogP contribution >= 0.6 is 11.6 Å². The van der Waals surface area contributed by atoms with E-state index in [2.05, 4.69) is 25.3 Å². The summed E-state index contributed by atoms with van der Waals surface area (Å²) in [7, 11) is -0.653. The van der Waals surface area contributed by atoms with Gasteiger partial charge in [0, 0.05) is 54.5 Å². The second-order valence-corrected chi connectivity index (χ2v) is 16.3. The molecule has 12 nitrogen and oxygen atoms in total. The summed E-state index contributed by atoms with van der Waals surface area (Å²) in [6.45, 7) is -1.09. The number of aryl methyl sites for hydroxylation is 2. The first-order chi connectivity index (χ1) is 27.2. The number of carbonyl (C=O) groups excluding carboxylic acids is 1. The zero-order chi connectivity index (χ0) is 41.6. The molecular formula is C37H29ClF7N9O3S. The van der Waals surface area contributed by atoms with Crippen molar-refractivity contribution in [3.8, 4) is 22.4 Å². The molecule has 2 aromatic carbocycles. The van der Waals surface area contributed by atoms with E-state index in [1.54, 1.807) is 31.4 Å². The Hall–Kier alpha value is -5.76. The number of nitrogens with one attached hydrogen (secondary N) is 2. The third kappa shape index (κ3) is 6.86. The number of anilines is 1. The second-order valence-electron chi connectivity index (χ2n) is 14.1. The van der Waals surface area contributed by atoms with Crippen molar-refractivity contribution in [2.75, 3.05) is 11.0 Å². The summed E-state index contributed by atoms with van der Waals surface area (Å²) >= 11 is 6.59. The number of aromatic nitrogens is 7. The Kier molecular flexibility index (Phi) is 9.22. The molecule has 302 valence electrons. The molecule has 6 aromatic rings. The van der Waals surface area contributed by atoms with Crippen LogP contribution in [0.5, 0.6) is 0 Å². The third-order valence-corrected chi connectivity index (χ3v) is 10.9. The Balaban J connectivity index is 1.29. The lowest BCUT2D eigenvalue weighted by Crippen LogP contribution is -2.36. The Morgan fingerprint density at radius 2 is 1.72 bits per heavy atom. The fraction of sp³-hybridized carbons (Fsp3) is 0.270. The van der Waals surface area contributed by atoms with Crippen molar-refractivity contribution in [2.45, 2.75) is 37.0 Å². The zero-order valence-electron chi connectivity index (χ0n) is 30.3. The number of benzene rings is 2. The molecule has 21 heteroatoms. The van der Waals surface area contributed by atoms with E-state index in [1.807, 2.05) is 0 Å². The van der Waals surface area contributed by atoms with Crippen LogP contribution in [-0.4, -0.2) is 54.9 Å². The summed E-state index contributed by atoms with van der Waals surface area (Å²) in [4.78, 5) is 18.9. The van der Waals surface area contributed by atoms with Crippen LogP contribution in [0.25, 0.3) is 33.3 Å². The highest BCUT2D eigenvalue weighted by Crippen LogP contribution is 2.60. The molecule has 0 fully saturated rings. The molecular weight excluding hydrogens is 819 g/mol. The molecule has 0 saturated carbocycles. The molecule has 0 radical (unpaired) electrons. The van der Waals surface area contributed by atoms with Gasteiger partial charge in [-0.1, -0.05) is 35.9 Å². The first-order valence-corrected chi connectivity index (χ1v) is 19.6. The number of allylic oxidation sites excluding steroid dienone is 2. The minimum Gasteiger partial charge on any atom is -0.346 e. The Labute approximate surface area is 329 Å². The molecule has 0 bridgehead atoms. The van der Waals surface area contributed by atoms with E-state index in [0.717, 1.165) is 24.5 Å². The van der Waals surface area contributed by atoms with E-state index in [-0.39, 0.29) is 39.5 Å². The Morgan fingerprint density at radius 1 is 1.02 bits per heavy atom. The lowest BCUT2D eigenvalue weighted by Gasteiger charge is -2.27. The predicted molar refractivity (Wildman–Crippen MR) is 197 cm³/mol. The number of rotatable bonds is 10. The normalized spacial score (nSPS) is 17.6. The maximum absolute atomic E-state index is 15.6. The topological polar surface area (TPSA) is 142 Å². The number of fused-ring (bicyclic) bond motifs is 4. The quantitative estimate of drug-likeness (QED) is 0.111. The fourth-order valence-electron chi connectivity index (χ4n) is 7.66. The van der Waals surface area contributed by atoms with Gasteiger partial charge in [0.25, 0.3) is 5.92 Å². The van der Waals surface area contributed by atoms with Gasteiger partial charge in [-0.25, -0.2) is 22.2 Å². The summed E-state index contributed by atoms with van der Waals surface area (Å²) in [5.41, 5.74) is -1.44. The van der Waals surface area contributed by atoms with E-state index in [0.29, 0.717) is 33.1 Å². The molecule has 2 N–H and O–H groups in total. The largest absolute Gasteiger partial charge is 0.435 e. The van der Waals surface area contributed by atoms with Gasteiger partial charge in [0.2, 0.25) is 15.9 Å². The number of sulfonamides is 1. The van der Waals surface area contributed by atoms with Crippen LogP contribution in [-0.2, 0) is 54.0 Å². The van der Waals surface area contributed by atoms with E-state index < -0.39 is 81.0 Å². The number of hydrogen-bond donors (Lipinski definition) is 2. The SMILES string of the molecule is Cn1cc(-c2ccc(-c3ccc(Cl)c4c(NS(C)(=O)=O)nn(C)c34)c(C(Cc3cc(F)cc(F)c3)NC(=O)Cn3nc(C(F)(F)F)c4c3C(F)(F)C3C=CC43)n2)cn1. The summed E-state index contributed by atoms with van der Waals surface area (Å²) < 4.78 is 133. The number of hydrogen-bond acceptors (Lipinski definition) is 7. The monoisotopic (exact) mass is 847 g/mol. The molecule has 4 heterocycles. The fourth-order valence-corrected chi connectivity index (χ4v) is 8.40. The first kappa shape index (κ1) is 39.1. The van der Waals surface area contributed by atoms with Gasteiger partial charge in [-0.2, -0.15) is 37.2 Å². The van der Waals surface area contributed by atoms with Gasteiger partial charge in [-0.05, 0) is 36.2 Å². The molecule has 58 heavy (non-hydrogen) atoms. The number of alkyl halides is 5. The summed E-state index contributed by atoms with van der Waals surface area (Å²) in [6, 6.07) is 7.61. The third-order valence-electron chi connectivity index (χ3n) is 9.99. The smallest absolute Gasteiger partial charge is 0.346 e. The van der Waals surface area contributed by atoms with Gasteiger partial charge in [0.15, 0.2) is 11.5 Å². The van der Waals surface area contributed by atoms with Crippen molar-refractivity contribution < 1.29 is 43.9 Å². The Bertz CT molecular complexity index is 2800. The minimum absolute atomic E-state index is 0.0253. The van der Waals surface area contributed by atoms with Crippen molar-refractivity contribution in [3.05, 3.63) is 112 Å². The molecule has 0 saturated heterocycles. The van der Waals surface area contributed by atoms with Crippen LogP contribution in [0.2, 0.25) is 5.02 Å². The Morgan fingerprint density at radius 3 is 2.34 bits per heavy atom. The lowest BCUT2D eigenvalue weighted by molar-refractivity contribution is -0.142. The molecule has 8 rings (SSSR count). The van der Waals surface area contributed by atoms with E-state index in [1.165, 1.54) is 34.8 Å². The van der Waals surface area contributed by atoms with Gasteiger partial charge in [-0.3, -0.25) is 23.6 Å². The lowest BCUT2D eigenvalue weighted by atomic mass is 9.81. The zero-order valence-corrected chi connectivity index (χ0v) is 31.9. The molecule has 0 spiro atoms. The molecule has 2 aliphatic rings. The van der Waals surface area contributed by atoms with Gasteiger partial charge in [-0.15, -0.1) is 0 Å². The van der Waals surface area contributed by atoms with E-state index in [4.69, 9.17) is 16.6 Å². The van der Waals surface area contributed by atoms with Crippen molar-refractivity contribution in [2.24, 2.45) is 20.0 Å². The molecule has 4 aromatic heterocycles. The van der Waals surface area contributed by atoms with Crippen LogP contribution in [0.1, 0.15) is 40.2 Å². The van der Waals surface area contributed by atoms with Crippen LogP contribution in [0.4, 0.5) is 36.6 Å². The molecule has 3 atom stereocenters. The standard InChI is InChI=1S/C37H29ClF7N9O3S/c1-52-15-18(14-46-52)26-9-6-21(22-5-8-25(38)30-32(22)53(2)50-35(30)51-58(3,56)57)31(48-26)27(12-17-10-19(39)13-20(40)11-17)47-28(55)16-54-34-29(33(49-54)37(43,44)45)23-4-7-24(23)36(34,41)42/h4-11,13-15,23-24,27H,12,16H2,1-3H3,(H,47,55)(H,50,51). The number of halogens is 8. The van der Waals surface area contributed by atoms with Crippen LogP contribution < -0.4 is 10.0 Å². The molecule has 0 aliphatic heterocycles. The summed E-state index contributed by atoms with van der Waals surface area (Å²) in [6.07, 6.45) is 0.948. The molecule has 1 amide bonds. The maximum Gasteiger partial charge on any atom is 0.435 e. The first-order valence-electron chi connectivity index (χ1n) is 17.3. The maximum atomic E-state index is 15.6. The van der Waals surface area contributed by atoms with Gasteiger partial charge in [0.1, 0.15) is 23.9 Å². The van der Waals surface area contributed by atoms with Gasteiger partial charge >= 0.3 is 6.18 Å². The molecule has 2 aliphatic carbocycles. The predicted octanol–water partition coefficient (Wildman–Crippen LogP) is 7.03. The van der Waals surface area contributed by atoms with Crippen molar-refractivity contribution in [1.82, 2.24) is 39.6 Å². The minimum atomic E-state index is -5.11. The average molecular weight is 848 g/mol. The molecule has 3 unspecified atom stereocenters. The number of pyridine rings is 1. The van der Waals surface area contributed by atoms with Gasteiger partial charge in [0.05, 0.1) is 51.7 Å². The number of carbonyl (C=O) groups is 1. The van der Waals surface area contributed by atoms with E-state index in [9.17, 15) is 35.2 Å².